The predicted molar refractivity (Wildman–Crippen MR) is 56.9 cm³/mol. The standard InChI is InChI=1S/C10H9BrF2O2/c11-8-3-4-9(15-10(12)13)7(6-8)2-1-5-14/h1-4,6,10,14H,5H2. The van der Waals surface area contributed by atoms with Crippen LogP contribution in [0.4, 0.5) is 8.78 Å². The normalized spacial score (nSPS) is 11.3. The number of benzene rings is 1. The first kappa shape index (κ1) is 12.1. The summed E-state index contributed by atoms with van der Waals surface area (Å²) in [6, 6.07) is 4.67. The average molecular weight is 279 g/mol. The molecule has 1 N–H and O–H groups in total. The zero-order valence-electron chi connectivity index (χ0n) is 7.66. The van der Waals surface area contributed by atoms with Gasteiger partial charge in [0.25, 0.3) is 0 Å². The maximum Gasteiger partial charge on any atom is 0.387 e. The van der Waals surface area contributed by atoms with Crippen LogP contribution in [0.5, 0.6) is 5.75 Å². The van der Waals surface area contributed by atoms with Gasteiger partial charge in [-0.3, -0.25) is 0 Å². The summed E-state index contributed by atoms with van der Waals surface area (Å²) in [6.45, 7) is -3.01. The lowest BCUT2D eigenvalue weighted by Gasteiger charge is -2.08. The molecule has 0 fully saturated rings. The van der Waals surface area contributed by atoms with Crippen LogP contribution in [-0.4, -0.2) is 18.3 Å². The van der Waals surface area contributed by atoms with Gasteiger partial charge in [-0.1, -0.05) is 28.1 Å². The molecule has 0 unspecified atom stereocenters. The van der Waals surface area contributed by atoms with Gasteiger partial charge in [0, 0.05) is 10.0 Å². The molecule has 0 saturated heterocycles. The van der Waals surface area contributed by atoms with Crippen molar-refractivity contribution in [3.63, 3.8) is 0 Å². The number of ether oxygens (including phenoxy) is 1. The third kappa shape index (κ3) is 3.97. The van der Waals surface area contributed by atoms with Gasteiger partial charge in [-0.15, -0.1) is 0 Å². The fraction of sp³-hybridized carbons (Fsp3) is 0.200. The molecule has 0 radical (unpaired) electrons. The van der Waals surface area contributed by atoms with Gasteiger partial charge in [0.05, 0.1) is 6.61 Å². The van der Waals surface area contributed by atoms with Gasteiger partial charge in [0.15, 0.2) is 0 Å². The quantitative estimate of drug-likeness (QED) is 0.917. The fourth-order valence-electron chi connectivity index (χ4n) is 1.03. The Morgan fingerprint density at radius 2 is 2.20 bits per heavy atom. The van der Waals surface area contributed by atoms with Crippen LogP contribution in [-0.2, 0) is 0 Å². The van der Waals surface area contributed by atoms with E-state index in [2.05, 4.69) is 20.7 Å². The zero-order valence-corrected chi connectivity index (χ0v) is 9.25. The van der Waals surface area contributed by atoms with Crippen molar-refractivity contribution in [1.29, 1.82) is 0 Å². The minimum atomic E-state index is -2.85. The van der Waals surface area contributed by atoms with E-state index in [1.54, 1.807) is 12.1 Å². The van der Waals surface area contributed by atoms with Gasteiger partial charge in [-0.25, -0.2) is 0 Å². The molecule has 15 heavy (non-hydrogen) atoms. The molecule has 0 heterocycles. The SMILES string of the molecule is OCC=Cc1cc(Br)ccc1OC(F)F. The molecule has 0 bridgehead atoms. The highest BCUT2D eigenvalue weighted by molar-refractivity contribution is 9.10. The highest BCUT2D eigenvalue weighted by Gasteiger charge is 2.07. The van der Waals surface area contributed by atoms with Crippen molar-refractivity contribution in [1.82, 2.24) is 0 Å². The van der Waals surface area contributed by atoms with Crippen molar-refractivity contribution in [3.8, 4) is 5.75 Å². The molecule has 0 saturated carbocycles. The molecular formula is C10H9BrF2O2. The molecule has 0 aromatic heterocycles. The van der Waals surface area contributed by atoms with E-state index < -0.39 is 6.61 Å². The van der Waals surface area contributed by atoms with Crippen molar-refractivity contribution < 1.29 is 18.6 Å². The van der Waals surface area contributed by atoms with E-state index in [0.717, 1.165) is 4.47 Å². The van der Waals surface area contributed by atoms with Crippen molar-refractivity contribution in [2.45, 2.75) is 6.61 Å². The summed E-state index contributed by atoms with van der Waals surface area (Å²) in [7, 11) is 0. The van der Waals surface area contributed by atoms with Crippen molar-refractivity contribution >= 4 is 22.0 Å². The second-order valence-electron chi connectivity index (χ2n) is 2.65. The summed E-state index contributed by atoms with van der Waals surface area (Å²) in [5, 5.41) is 8.58. The second-order valence-corrected chi connectivity index (χ2v) is 3.56. The first-order valence-corrected chi connectivity index (χ1v) is 4.94. The Labute approximate surface area is 94.3 Å². The molecule has 0 atom stereocenters. The number of aliphatic hydroxyl groups is 1. The fourth-order valence-corrected chi connectivity index (χ4v) is 1.41. The topological polar surface area (TPSA) is 29.5 Å². The monoisotopic (exact) mass is 278 g/mol. The summed E-state index contributed by atoms with van der Waals surface area (Å²) in [5.41, 5.74) is 0.485. The highest BCUT2D eigenvalue weighted by atomic mass is 79.9. The van der Waals surface area contributed by atoms with Gasteiger partial charge in [0.2, 0.25) is 0 Å². The summed E-state index contributed by atoms with van der Waals surface area (Å²) in [4.78, 5) is 0. The minimum absolute atomic E-state index is 0.0814. The molecule has 0 aliphatic rings. The Morgan fingerprint density at radius 3 is 2.80 bits per heavy atom. The van der Waals surface area contributed by atoms with E-state index in [1.807, 2.05) is 0 Å². The molecule has 1 aromatic rings. The van der Waals surface area contributed by atoms with Crippen LogP contribution in [0.3, 0.4) is 0 Å². The first-order valence-electron chi connectivity index (χ1n) is 4.15. The molecule has 0 aliphatic carbocycles. The Bertz CT molecular complexity index is 353. The smallest absolute Gasteiger partial charge is 0.387 e. The number of aliphatic hydroxyl groups excluding tert-OH is 1. The molecule has 0 spiro atoms. The van der Waals surface area contributed by atoms with Gasteiger partial charge in [-0.05, 0) is 18.2 Å². The minimum Gasteiger partial charge on any atom is -0.434 e. The lowest BCUT2D eigenvalue weighted by atomic mass is 10.2. The Hall–Kier alpha value is -0.940. The van der Waals surface area contributed by atoms with Crippen LogP contribution in [0.1, 0.15) is 5.56 Å². The van der Waals surface area contributed by atoms with Gasteiger partial charge < -0.3 is 9.84 Å². The maximum atomic E-state index is 12.0. The summed E-state index contributed by atoms with van der Waals surface area (Å²) < 4.78 is 29.1. The summed E-state index contributed by atoms with van der Waals surface area (Å²) >= 11 is 3.21. The largest absolute Gasteiger partial charge is 0.434 e. The lowest BCUT2D eigenvalue weighted by molar-refractivity contribution is -0.0499. The average Bonchev–Trinajstić information content (AvgIpc) is 2.18. The van der Waals surface area contributed by atoms with Gasteiger partial charge >= 0.3 is 6.61 Å². The van der Waals surface area contributed by atoms with E-state index in [0.29, 0.717) is 5.56 Å². The maximum absolute atomic E-state index is 12.0. The van der Waals surface area contributed by atoms with Gasteiger partial charge in [0.1, 0.15) is 5.75 Å². The summed E-state index contributed by atoms with van der Waals surface area (Å²) in [5.74, 6) is 0.0814. The number of hydrogen-bond donors (Lipinski definition) is 1. The van der Waals surface area contributed by atoms with Gasteiger partial charge in [-0.2, -0.15) is 8.78 Å². The van der Waals surface area contributed by atoms with Crippen LogP contribution < -0.4 is 4.74 Å². The molecule has 82 valence electrons. The van der Waals surface area contributed by atoms with Crippen LogP contribution in [0, 0.1) is 0 Å². The Balaban J connectivity index is 2.97. The van der Waals surface area contributed by atoms with Crippen LogP contribution >= 0.6 is 15.9 Å². The van der Waals surface area contributed by atoms with E-state index >= 15 is 0 Å². The van der Waals surface area contributed by atoms with Crippen molar-refractivity contribution in [2.75, 3.05) is 6.61 Å². The number of hydrogen-bond acceptors (Lipinski definition) is 2. The molecule has 1 rings (SSSR count). The number of alkyl halides is 2. The highest BCUT2D eigenvalue weighted by Crippen LogP contribution is 2.25. The first-order chi connectivity index (χ1) is 7.13. The number of rotatable bonds is 4. The van der Waals surface area contributed by atoms with Crippen LogP contribution in [0.15, 0.2) is 28.7 Å². The van der Waals surface area contributed by atoms with E-state index in [9.17, 15) is 8.78 Å². The van der Waals surface area contributed by atoms with E-state index in [1.165, 1.54) is 18.2 Å². The van der Waals surface area contributed by atoms with Crippen LogP contribution in [0.25, 0.3) is 6.08 Å². The molecule has 2 nitrogen and oxygen atoms in total. The Morgan fingerprint density at radius 1 is 1.47 bits per heavy atom. The van der Waals surface area contributed by atoms with Crippen LogP contribution in [0.2, 0.25) is 0 Å². The third-order valence-electron chi connectivity index (χ3n) is 1.59. The third-order valence-corrected chi connectivity index (χ3v) is 2.08. The second kappa shape index (κ2) is 5.82. The Kier molecular flexibility index (Phi) is 4.71. The molecular weight excluding hydrogens is 270 g/mol. The molecule has 0 amide bonds. The molecule has 1 aromatic carbocycles. The predicted octanol–water partition coefficient (Wildman–Crippen LogP) is 3.06. The zero-order chi connectivity index (χ0) is 11.3. The number of halogens is 3. The molecule has 5 heteroatoms. The summed E-state index contributed by atoms with van der Waals surface area (Å²) in [6.07, 6.45) is 2.96. The van der Waals surface area contributed by atoms with E-state index in [-0.39, 0.29) is 12.4 Å². The van der Waals surface area contributed by atoms with Crippen molar-refractivity contribution in [3.05, 3.63) is 34.3 Å². The molecule has 0 aliphatic heterocycles. The lowest BCUT2D eigenvalue weighted by Crippen LogP contribution is -2.03. The van der Waals surface area contributed by atoms with E-state index in [4.69, 9.17) is 5.11 Å². The van der Waals surface area contributed by atoms with Crippen molar-refractivity contribution in [2.24, 2.45) is 0 Å².